The molecule has 0 bridgehead atoms. The number of carbonyl (C=O) groups excluding carboxylic acids is 2. The zero-order valence-electron chi connectivity index (χ0n) is 10.6. The topological polar surface area (TPSA) is 105 Å². The van der Waals surface area contributed by atoms with E-state index in [2.05, 4.69) is 28.6 Å². The largest absolute Gasteiger partial charge is 0.378 e. The molecule has 0 aromatic rings. The molecule has 0 saturated carbocycles. The SMILES string of the molecule is CN[C@@H](CS)C(=O)NCC(=O)NCCOCCN. The van der Waals surface area contributed by atoms with Crippen LogP contribution in [0.5, 0.6) is 0 Å². The van der Waals surface area contributed by atoms with Gasteiger partial charge in [-0.3, -0.25) is 9.59 Å². The maximum Gasteiger partial charge on any atom is 0.239 e. The van der Waals surface area contributed by atoms with Gasteiger partial charge in [-0.05, 0) is 7.05 Å². The lowest BCUT2D eigenvalue weighted by atomic mass is 10.3. The van der Waals surface area contributed by atoms with Crippen molar-refractivity contribution in [3.05, 3.63) is 0 Å². The second-order valence-electron chi connectivity index (χ2n) is 3.49. The van der Waals surface area contributed by atoms with E-state index in [1.807, 2.05) is 0 Å². The molecule has 1 atom stereocenters. The third-order valence-corrected chi connectivity index (χ3v) is 2.47. The van der Waals surface area contributed by atoms with E-state index in [1.54, 1.807) is 7.05 Å². The summed E-state index contributed by atoms with van der Waals surface area (Å²) in [6, 6.07) is -0.394. The number of hydrogen-bond donors (Lipinski definition) is 5. The van der Waals surface area contributed by atoms with Gasteiger partial charge in [0, 0.05) is 18.8 Å². The van der Waals surface area contributed by atoms with Gasteiger partial charge in [-0.2, -0.15) is 12.6 Å². The number of hydrogen-bond acceptors (Lipinski definition) is 6. The van der Waals surface area contributed by atoms with Crippen molar-refractivity contribution in [2.45, 2.75) is 6.04 Å². The first-order valence-corrected chi connectivity index (χ1v) is 6.39. The minimum absolute atomic E-state index is 0.0539. The molecule has 0 spiro atoms. The summed E-state index contributed by atoms with van der Waals surface area (Å²) in [6.07, 6.45) is 0. The zero-order chi connectivity index (χ0) is 13.8. The molecule has 106 valence electrons. The highest BCUT2D eigenvalue weighted by molar-refractivity contribution is 7.80. The van der Waals surface area contributed by atoms with Crippen LogP contribution in [0.25, 0.3) is 0 Å². The van der Waals surface area contributed by atoms with Crippen LogP contribution in [0.4, 0.5) is 0 Å². The van der Waals surface area contributed by atoms with Crippen molar-refractivity contribution in [2.75, 3.05) is 45.6 Å². The summed E-state index contributed by atoms with van der Waals surface area (Å²) in [5.41, 5.74) is 5.23. The van der Waals surface area contributed by atoms with E-state index in [4.69, 9.17) is 10.5 Å². The van der Waals surface area contributed by atoms with Gasteiger partial charge in [-0.1, -0.05) is 0 Å². The molecule has 0 aliphatic rings. The molecule has 8 heteroatoms. The van der Waals surface area contributed by atoms with Crippen LogP contribution in [0.1, 0.15) is 0 Å². The first-order valence-electron chi connectivity index (χ1n) is 5.76. The van der Waals surface area contributed by atoms with Gasteiger partial charge in [0.2, 0.25) is 11.8 Å². The van der Waals surface area contributed by atoms with E-state index in [9.17, 15) is 9.59 Å². The standard InChI is InChI=1S/C10H22N4O3S/c1-12-8(7-18)10(16)14-6-9(15)13-3-5-17-4-2-11/h8,12,18H,2-7,11H2,1H3,(H,13,15)(H,14,16)/t8-/m0/s1. The van der Waals surface area contributed by atoms with Crippen LogP contribution < -0.4 is 21.7 Å². The number of nitrogens with two attached hydrogens (primary N) is 1. The number of carbonyl (C=O) groups is 2. The first-order chi connectivity index (χ1) is 8.65. The smallest absolute Gasteiger partial charge is 0.239 e. The van der Waals surface area contributed by atoms with Gasteiger partial charge in [-0.25, -0.2) is 0 Å². The summed E-state index contributed by atoms with van der Waals surface area (Å²) in [7, 11) is 1.66. The zero-order valence-corrected chi connectivity index (χ0v) is 11.5. The maximum atomic E-state index is 11.5. The molecular formula is C10H22N4O3S. The molecule has 18 heavy (non-hydrogen) atoms. The highest BCUT2D eigenvalue weighted by atomic mass is 32.1. The average molecular weight is 278 g/mol. The lowest BCUT2D eigenvalue weighted by Gasteiger charge is -2.13. The molecule has 5 N–H and O–H groups in total. The van der Waals surface area contributed by atoms with E-state index in [0.29, 0.717) is 32.1 Å². The quantitative estimate of drug-likeness (QED) is 0.228. The fourth-order valence-electron chi connectivity index (χ4n) is 1.11. The van der Waals surface area contributed by atoms with Crippen molar-refractivity contribution in [3.63, 3.8) is 0 Å². The number of rotatable bonds is 10. The summed E-state index contributed by atoms with van der Waals surface area (Å²) in [6.45, 7) is 1.68. The fraction of sp³-hybridized carbons (Fsp3) is 0.800. The van der Waals surface area contributed by atoms with Crippen molar-refractivity contribution in [1.82, 2.24) is 16.0 Å². The van der Waals surface area contributed by atoms with Gasteiger partial charge in [0.15, 0.2) is 0 Å². The van der Waals surface area contributed by atoms with Crippen LogP contribution in [0.2, 0.25) is 0 Å². The van der Waals surface area contributed by atoms with E-state index in [1.165, 1.54) is 0 Å². The molecule has 0 rings (SSSR count). The van der Waals surface area contributed by atoms with Crippen LogP contribution in [0.3, 0.4) is 0 Å². The molecule has 2 amide bonds. The number of thiol groups is 1. The Kier molecular flexibility index (Phi) is 10.8. The van der Waals surface area contributed by atoms with Crippen molar-refractivity contribution < 1.29 is 14.3 Å². The van der Waals surface area contributed by atoms with Gasteiger partial charge in [0.1, 0.15) is 0 Å². The Hall–Kier alpha value is -0.830. The van der Waals surface area contributed by atoms with E-state index >= 15 is 0 Å². The minimum atomic E-state index is -0.394. The van der Waals surface area contributed by atoms with Crippen LogP contribution in [-0.4, -0.2) is 63.5 Å². The molecule has 0 unspecified atom stereocenters. The van der Waals surface area contributed by atoms with Crippen molar-refractivity contribution in [1.29, 1.82) is 0 Å². The first kappa shape index (κ1) is 17.2. The Morgan fingerprint density at radius 3 is 2.61 bits per heavy atom. The molecule has 0 saturated heterocycles. The third kappa shape index (κ3) is 8.29. The van der Waals surface area contributed by atoms with E-state index in [0.717, 1.165) is 0 Å². The summed E-state index contributed by atoms with van der Waals surface area (Å²) in [5.74, 6) is -0.132. The van der Waals surface area contributed by atoms with E-state index in [-0.39, 0.29) is 18.4 Å². The molecule has 0 fully saturated rings. The molecule has 0 aliphatic carbocycles. The average Bonchev–Trinajstić information content (AvgIpc) is 2.37. The van der Waals surface area contributed by atoms with Crippen LogP contribution in [0, 0.1) is 0 Å². The lowest BCUT2D eigenvalue weighted by molar-refractivity contribution is -0.127. The van der Waals surface area contributed by atoms with Gasteiger partial charge in [0.25, 0.3) is 0 Å². The van der Waals surface area contributed by atoms with Crippen LogP contribution >= 0.6 is 12.6 Å². The Morgan fingerprint density at radius 2 is 2.06 bits per heavy atom. The number of amides is 2. The molecule has 0 aliphatic heterocycles. The molecule has 0 aromatic carbocycles. The van der Waals surface area contributed by atoms with Gasteiger partial charge < -0.3 is 26.4 Å². The van der Waals surface area contributed by atoms with Gasteiger partial charge in [0.05, 0.1) is 25.8 Å². The highest BCUT2D eigenvalue weighted by Crippen LogP contribution is 1.86. The van der Waals surface area contributed by atoms with Crippen molar-refractivity contribution >= 4 is 24.4 Å². The van der Waals surface area contributed by atoms with Crippen molar-refractivity contribution in [3.8, 4) is 0 Å². The number of nitrogens with one attached hydrogen (secondary N) is 3. The Bertz CT molecular complexity index is 249. The second-order valence-corrected chi connectivity index (χ2v) is 3.86. The number of ether oxygens (including phenoxy) is 1. The predicted octanol–water partition coefficient (Wildman–Crippen LogP) is -2.29. The van der Waals surface area contributed by atoms with Crippen molar-refractivity contribution in [2.24, 2.45) is 5.73 Å². The summed E-state index contributed by atoms with van der Waals surface area (Å²) in [5, 5.41) is 7.92. The summed E-state index contributed by atoms with van der Waals surface area (Å²) in [4.78, 5) is 22.8. The lowest BCUT2D eigenvalue weighted by Crippen LogP contribution is -2.47. The summed E-state index contributed by atoms with van der Waals surface area (Å²) < 4.78 is 5.08. The molecule has 0 heterocycles. The fourth-order valence-corrected chi connectivity index (χ4v) is 1.45. The highest BCUT2D eigenvalue weighted by Gasteiger charge is 2.14. The molecule has 0 radical (unpaired) electrons. The predicted molar refractivity (Wildman–Crippen MR) is 72.6 cm³/mol. The third-order valence-electron chi connectivity index (χ3n) is 2.10. The normalized spacial score (nSPS) is 11.9. The molecular weight excluding hydrogens is 256 g/mol. The second kappa shape index (κ2) is 11.3. The Labute approximate surface area is 113 Å². The molecule has 7 nitrogen and oxygen atoms in total. The molecule has 0 aromatic heterocycles. The number of likely N-dealkylation sites (N-methyl/N-ethyl adjacent to an activating group) is 1. The monoisotopic (exact) mass is 278 g/mol. The minimum Gasteiger partial charge on any atom is -0.378 e. The Balaban J connectivity index is 3.60. The maximum absolute atomic E-state index is 11.5. The Morgan fingerprint density at radius 1 is 1.33 bits per heavy atom. The summed E-state index contributed by atoms with van der Waals surface area (Å²) >= 11 is 4.02. The van der Waals surface area contributed by atoms with E-state index < -0.39 is 6.04 Å². The van der Waals surface area contributed by atoms with Crippen LogP contribution in [0.15, 0.2) is 0 Å². The van der Waals surface area contributed by atoms with Gasteiger partial charge in [-0.15, -0.1) is 0 Å². The van der Waals surface area contributed by atoms with Crippen LogP contribution in [-0.2, 0) is 14.3 Å². The van der Waals surface area contributed by atoms with Gasteiger partial charge >= 0.3 is 0 Å².